The third kappa shape index (κ3) is 4.19. The number of nitrogens with zero attached hydrogens (tertiary/aromatic N) is 3. The van der Waals surface area contributed by atoms with Gasteiger partial charge in [0.2, 0.25) is 0 Å². The Morgan fingerprint density at radius 1 is 0.824 bits per heavy atom. The predicted octanol–water partition coefficient (Wildman–Crippen LogP) is 5.87. The fraction of sp³-hybridized carbons (Fsp3) is 0.517. The van der Waals surface area contributed by atoms with Crippen LogP contribution >= 0.6 is 0 Å². The SMILES string of the molecule is O=c1c2ccccc2c(Cc2ccc(F)cc2)nn1C1CC2CCC(C1)N2CC1CCCCC1. The molecular formula is C29H34FN3O. The molecule has 0 spiro atoms. The van der Waals surface area contributed by atoms with Crippen molar-refractivity contribution in [2.24, 2.45) is 5.92 Å². The van der Waals surface area contributed by atoms with E-state index >= 15 is 0 Å². The van der Waals surface area contributed by atoms with E-state index < -0.39 is 0 Å². The molecule has 3 heterocycles. The summed E-state index contributed by atoms with van der Waals surface area (Å²) in [5.74, 6) is 0.624. The van der Waals surface area contributed by atoms with Crippen LogP contribution in [-0.4, -0.2) is 33.3 Å². The molecule has 6 rings (SSSR count). The van der Waals surface area contributed by atoms with Gasteiger partial charge in [0.05, 0.1) is 17.1 Å². The van der Waals surface area contributed by atoms with Crippen molar-refractivity contribution < 1.29 is 4.39 Å². The van der Waals surface area contributed by atoms with Gasteiger partial charge in [0.1, 0.15) is 5.82 Å². The van der Waals surface area contributed by atoms with Gasteiger partial charge in [-0.2, -0.15) is 5.10 Å². The fourth-order valence-corrected chi connectivity index (χ4v) is 6.86. The van der Waals surface area contributed by atoms with Gasteiger partial charge in [-0.3, -0.25) is 9.69 Å². The molecule has 1 aromatic heterocycles. The maximum atomic E-state index is 13.5. The Labute approximate surface area is 200 Å². The van der Waals surface area contributed by atoms with Gasteiger partial charge in [0.15, 0.2) is 0 Å². The average Bonchev–Trinajstić information content (AvgIpc) is 3.09. The average molecular weight is 460 g/mol. The van der Waals surface area contributed by atoms with Gasteiger partial charge in [-0.1, -0.05) is 49.6 Å². The first-order valence-electron chi connectivity index (χ1n) is 13.2. The quantitative estimate of drug-likeness (QED) is 0.479. The summed E-state index contributed by atoms with van der Waals surface area (Å²) >= 11 is 0. The molecule has 2 unspecified atom stereocenters. The molecule has 178 valence electrons. The Kier molecular flexibility index (Phi) is 5.98. The summed E-state index contributed by atoms with van der Waals surface area (Å²) in [4.78, 5) is 16.3. The number of aromatic nitrogens is 2. The molecule has 1 saturated carbocycles. The van der Waals surface area contributed by atoms with Crippen LogP contribution in [0.1, 0.15) is 75.1 Å². The second-order valence-corrected chi connectivity index (χ2v) is 10.8. The minimum atomic E-state index is -0.234. The van der Waals surface area contributed by atoms with E-state index in [2.05, 4.69) is 4.90 Å². The lowest BCUT2D eigenvalue weighted by Gasteiger charge is -2.41. The van der Waals surface area contributed by atoms with Crippen LogP contribution in [0.25, 0.3) is 10.8 Å². The summed E-state index contributed by atoms with van der Waals surface area (Å²) in [6, 6.07) is 15.7. The minimum absolute atomic E-state index is 0.0311. The third-order valence-corrected chi connectivity index (χ3v) is 8.59. The molecule has 34 heavy (non-hydrogen) atoms. The molecule has 2 aromatic carbocycles. The smallest absolute Gasteiger partial charge is 0.274 e. The Hall–Kier alpha value is -2.53. The summed E-state index contributed by atoms with van der Waals surface area (Å²) in [6.07, 6.45) is 12.1. The van der Waals surface area contributed by atoms with E-state index in [1.807, 2.05) is 41.1 Å². The van der Waals surface area contributed by atoms with Crippen molar-refractivity contribution in [1.29, 1.82) is 0 Å². The Balaban J connectivity index is 1.29. The number of hydrogen-bond donors (Lipinski definition) is 0. The lowest BCUT2D eigenvalue weighted by Crippen LogP contribution is -2.47. The van der Waals surface area contributed by atoms with Gasteiger partial charge in [0, 0.05) is 30.4 Å². The van der Waals surface area contributed by atoms with Crippen molar-refractivity contribution in [3.63, 3.8) is 0 Å². The Morgan fingerprint density at radius 2 is 1.50 bits per heavy atom. The van der Waals surface area contributed by atoms with Gasteiger partial charge in [-0.05, 0) is 68.2 Å². The number of piperidine rings is 1. The van der Waals surface area contributed by atoms with Crippen LogP contribution in [0, 0.1) is 11.7 Å². The van der Waals surface area contributed by atoms with Crippen molar-refractivity contribution in [1.82, 2.24) is 14.7 Å². The lowest BCUT2D eigenvalue weighted by atomic mass is 9.87. The number of rotatable bonds is 5. The van der Waals surface area contributed by atoms with Gasteiger partial charge in [-0.25, -0.2) is 9.07 Å². The highest BCUT2D eigenvalue weighted by molar-refractivity contribution is 5.83. The first-order valence-corrected chi connectivity index (χ1v) is 13.2. The Bertz CT molecular complexity index is 1200. The van der Waals surface area contributed by atoms with Crippen LogP contribution in [-0.2, 0) is 6.42 Å². The van der Waals surface area contributed by atoms with Gasteiger partial charge in [0.25, 0.3) is 5.56 Å². The molecule has 4 nitrogen and oxygen atoms in total. The maximum absolute atomic E-state index is 13.5. The van der Waals surface area contributed by atoms with Crippen molar-refractivity contribution in [3.8, 4) is 0 Å². The number of benzene rings is 2. The largest absolute Gasteiger partial charge is 0.297 e. The first-order chi connectivity index (χ1) is 16.7. The third-order valence-electron chi connectivity index (χ3n) is 8.59. The maximum Gasteiger partial charge on any atom is 0.274 e. The van der Waals surface area contributed by atoms with E-state index in [9.17, 15) is 9.18 Å². The molecule has 3 aliphatic rings. The molecule has 0 amide bonds. The summed E-state index contributed by atoms with van der Waals surface area (Å²) < 4.78 is 15.2. The van der Waals surface area contributed by atoms with Crippen LogP contribution < -0.4 is 5.56 Å². The van der Waals surface area contributed by atoms with E-state index in [1.54, 1.807) is 0 Å². The second kappa shape index (κ2) is 9.26. The second-order valence-electron chi connectivity index (χ2n) is 10.8. The molecule has 2 saturated heterocycles. The molecule has 0 radical (unpaired) electrons. The molecule has 2 aliphatic heterocycles. The van der Waals surface area contributed by atoms with E-state index in [0.29, 0.717) is 18.5 Å². The molecule has 3 fully saturated rings. The van der Waals surface area contributed by atoms with Crippen LogP contribution in [0.2, 0.25) is 0 Å². The molecule has 2 bridgehead atoms. The van der Waals surface area contributed by atoms with Gasteiger partial charge < -0.3 is 0 Å². The van der Waals surface area contributed by atoms with Crippen molar-refractivity contribution in [2.45, 2.75) is 82.3 Å². The standard InChI is InChI=1S/C29H34FN3O/c30-22-12-10-20(11-13-22)16-28-26-8-4-5-9-27(26)29(34)33(31-28)25-17-23-14-15-24(18-25)32(23)19-21-6-2-1-3-7-21/h4-5,8-13,21,23-25H,1-3,6-7,14-19H2. The first kappa shape index (κ1) is 22.0. The number of hydrogen-bond acceptors (Lipinski definition) is 3. The minimum Gasteiger partial charge on any atom is -0.297 e. The van der Waals surface area contributed by atoms with E-state index in [1.165, 1.54) is 63.6 Å². The summed E-state index contributed by atoms with van der Waals surface area (Å²) in [5, 5.41) is 6.62. The van der Waals surface area contributed by atoms with Gasteiger partial charge in [-0.15, -0.1) is 0 Å². The molecular weight excluding hydrogens is 425 g/mol. The Morgan fingerprint density at radius 3 is 2.21 bits per heavy atom. The zero-order valence-corrected chi connectivity index (χ0v) is 19.8. The highest BCUT2D eigenvalue weighted by Crippen LogP contribution is 2.41. The summed E-state index contributed by atoms with van der Waals surface area (Å²) in [5.41, 5.74) is 1.94. The summed E-state index contributed by atoms with van der Waals surface area (Å²) in [6.45, 7) is 1.25. The van der Waals surface area contributed by atoms with Gasteiger partial charge >= 0.3 is 0 Å². The highest BCUT2D eigenvalue weighted by atomic mass is 19.1. The topological polar surface area (TPSA) is 38.1 Å². The van der Waals surface area contributed by atoms with Crippen LogP contribution in [0.3, 0.4) is 0 Å². The molecule has 3 aromatic rings. The lowest BCUT2D eigenvalue weighted by molar-refractivity contribution is 0.0760. The highest BCUT2D eigenvalue weighted by Gasteiger charge is 2.42. The predicted molar refractivity (Wildman–Crippen MR) is 134 cm³/mol. The van der Waals surface area contributed by atoms with Crippen LogP contribution in [0.15, 0.2) is 53.3 Å². The van der Waals surface area contributed by atoms with Crippen molar-refractivity contribution in [3.05, 3.63) is 76.0 Å². The zero-order valence-electron chi connectivity index (χ0n) is 19.8. The van der Waals surface area contributed by atoms with Crippen LogP contribution in [0.4, 0.5) is 4.39 Å². The monoisotopic (exact) mass is 459 g/mol. The fourth-order valence-electron chi connectivity index (χ4n) is 6.86. The molecule has 0 N–H and O–H groups in total. The normalized spacial score (nSPS) is 25.7. The van der Waals surface area contributed by atoms with E-state index in [-0.39, 0.29) is 17.4 Å². The van der Waals surface area contributed by atoms with Crippen molar-refractivity contribution in [2.75, 3.05) is 6.54 Å². The summed E-state index contributed by atoms with van der Waals surface area (Å²) in [7, 11) is 0. The molecule has 5 heteroatoms. The van der Waals surface area contributed by atoms with E-state index in [0.717, 1.165) is 40.8 Å². The van der Waals surface area contributed by atoms with Crippen LogP contribution in [0.5, 0.6) is 0 Å². The molecule has 2 atom stereocenters. The van der Waals surface area contributed by atoms with E-state index in [4.69, 9.17) is 5.10 Å². The molecule has 1 aliphatic carbocycles. The number of halogens is 1. The zero-order chi connectivity index (χ0) is 23.1. The van der Waals surface area contributed by atoms with Crippen molar-refractivity contribution >= 4 is 10.8 Å². The number of fused-ring (bicyclic) bond motifs is 3.